The first-order chi connectivity index (χ1) is 11.1. The highest BCUT2D eigenvalue weighted by Crippen LogP contribution is 2.18. The van der Waals surface area contributed by atoms with E-state index < -0.39 is 0 Å². The molecular weight excluding hydrogens is 310 g/mol. The van der Waals surface area contributed by atoms with Crippen molar-refractivity contribution < 1.29 is 4.79 Å². The molecule has 1 aromatic heterocycles. The van der Waals surface area contributed by atoms with Crippen LogP contribution in [0.2, 0.25) is 0 Å². The van der Waals surface area contributed by atoms with Gasteiger partial charge in [0, 0.05) is 31.9 Å². The van der Waals surface area contributed by atoms with Crippen LogP contribution in [-0.4, -0.2) is 53.7 Å². The van der Waals surface area contributed by atoms with E-state index in [2.05, 4.69) is 56.5 Å². The van der Waals surface area contributed by atoms with Crippen molar-refractivity contribution in [2.45, 2.75) is 13.8 Å². The van der Waals surface area contributed by atoms with Gasteiger partial charge in [-0.25, -0.2) is 0 Å². The van der Waals surface area contributed by atoms with Gasteiger partial charge in [-0.05, 0) is 31.5 Å². The number of piperazine rings is 1. The Labute approximate surface area is 140 Å². The number of benzene rings is 1. The smallest absolute Gasteiger partial charge is 0.240 e. The highest BCUT2D eigenvalue weighted by molar-refractivity contribution is 7.15. The number of nitrogens with zero attached hydrogens (tertiary/aromatic N) is 4. The van der Waals surface area contributed by atoms with E-state index in [9.17, 15) is 4.79 Å². The van der Waals surface area contributed by atoms with Crippen molar-refractivity contribution >= 4 is 28.1 Å². The van der Waals surface area contributed by atoms with E-state index >= 15 is 0 Å². The highest BCUT2D eigenvalue weighted by Gasteiger charge is 2.19. The van der Waals surface area contributed by atoms with Crippen molar-refractivity contribution in [3.05, 3.63) is 34.8 Å². The number of aryl methyl sites for hydroxylation is 2. The van der Waals surface area contributed by atoms with E-state index in [1.165, 1.54) is 22.6 Å². The molecule has 2 heterocycles. The average molecular weight is 331 g/mol. The fraction of sp³-hybridized carbons (Fsp3) is 0.438. The van der Waals surface area contributed by atoms with Crippen molar-refractivity contribution in [3.8, 4) is 0 Å². The molecule has 1 saturated heterocycles. The zero-order chi connectivity index (χ0) is 16.2. The standard InChI is InChI=1S/C16H21N5OS/c1-12-4-3-5-14(10-12)21-8-6-20(7-9-21)11-15(22)17-16-19-18-13(2)23-16/h3-5,10H,6-9,11H2,1-2H3,(H,17,19,22). The summed E-state index contributed by atoms with van der Waals surface area (Å²) in [6, 6.07) is 8.56. The molecule has 0 unspecified atom stereocenters. The van der Waals surface area contributed by atoms with Crippen LogP contribution < -0.4 is 10.2 Å². The molecule has 1 amide bonds. The lowest BCUT2D eigenvalue weighted by atomic mass is 10.2. The monoisotopic (exact) mass is 331 g/mol. The van der Waals surface area contributed by atoms with Gasteiger partial charge in [-0.15, -0.1) is 10.2 Å². The minimum Gasteiger partial charge on any atom is -0.369 e. The molecule has 23 heavy (non-hydrogen) atoms. The van der Waals surface area contributed by atoms with E-state index in [-0.39, 0.29) is 5.91 Å². The quantitative estimate of drug-likeness (QED) is 0.927. The van der Waals surface area contributed by atoms with Gasteiger partial charge in [0.15, 0.2) is 0 Å². The third-order valence-corrected chi connectivity index (χ3v) is 4.63. The summed E-state index contributed by atoms with van der Waals surface area (Å²) in [5, 5.41) is 12.1. The number of amides is 1. The Bertz CT molecular complexity index is 679. The molecule has 0 aliphatic carbocycles. The summed E-state index contributed by atoms with van der Waals surface area (Å²) in [6.45, 7) is 8.04. The maximum absolute atomic E-state index is 12.1. The van der Waals surface area contributed by atoms with E-state index in [4.69, 9.17) is 0 Å². The van der Waals surface area contributed by atoms with Crippen LogP contribution >= 0.6 is 11.3 Å². The van der Waals surface area contributed by atoms with Crippen LogP contribution in [0.15, 0.2) is 24.3 Å². The summed E-state index contributed by atoms with van der Waals surface area (Å²) in [5.41, 5.74) is 2.54. The Balaban J connectivity index is 1.48. The van der Waals surface area contributed by atoms with E-state index in [1.54, 1.807) is 0 Å². The molecule has 0 radical (unpaired) electrons. The first-order valence-electron chi connectivity index (χ1n) is 7.74. The molecule has 0 spiro atoms. The minimum atomic E-state index is -0.0230. The fourth-order valence-electron chi connectivity index (χ4n) is 2.70. The highest BCUT2D eigenvalue weighted by atomic mass is 32.1. The molecule has 1 aliphatic heterocycles. The zero-order valence-corrected chi connectivity index (χ0v) is 14.3. The molecule has 3 rings (SSSR count). The van der Waals surface area contributed by atoms with Crippen LogP contribution in [0.5, 0.6) is 0 Å². The molecule has 1 fully saturated rings. The zero-order valence-electron chi connectivity index (χ0n) is 13.5. The molecule has 7 heteroatoms. The summed E-state index contributed by atoms with van der Waals surface area (Å²) < 4.78 is 0. The Hall–Kier alpha value is -1.99. The molecule has 1 N–H and O–H groups in total. The van der Waals surface area contributed by atoms with Crippen LogP contribution in [0.25, 0.3) is 0 Å². The largest absolute Gasteiger partial charge is 0.369 e. The molecule has 0 atom stereocenters. The lowest BCUT2D eigenvalue weighted by Gasteiger charge is -2.35. The lowest BCUT2D eigenvalue weighted by Crippen LogP contribution is -2.48. The third-order valence-electron chi connectivity index (χ3n) is 3.88. The van der Waals surface area contributed by atoms with Gasteiger partial charge in [-0.3, -0.25) is 15.0 Å². The van der Waals surface area contributed by atoms with Crippen molar-refractivity contribution in [2.75, 3.05) is 42.9 Å². The summed E-state index contributed by atoms with van der Waals surface area (Å²) in [5.74, 6) is -0.0230. The van der Waals surface area contributed by atoms with Crippen molar-refractivity contribution in [3.63, 3.8) is 0 Å². The van der Waals surface area contributed by atoms with Crippen molar-refractivity contribution in [1.29, 1.82) is 0 Å². The Morgan fingerprint density at radius 2 is 2.00 bits per heavy atom. The second-order valence-electron chi connectivity index (χ2n) is 5.78. The molecule has 6 nitrogen and oxygen atoms in total. The van der Waals surface area contributed by atoms with E-state index in [0.717, 1.165) is 31.2 Å². The van der Waals surface area contributed by atoms with Crippen LogP contribution in [-0.2, 0) is 4.79 Å². The molecule has 1 aliphatic rings. The van der Waals surface area contributed by atoms with Crippen LogP contribution in [0.3, 0.4) is 0 Å². The van der Waals surface area contributed by atoms with Gasteiger partial charge in [0.05, 0.1) is 6.54 Å². The second kappa shape index (κ2) is 7.06. The van der Waals surface area contributed by atoms with E-state index in [1.807, 2.05) is 6.92 Å². The molecule has 0 bridgehead atoms. The predicted octanol–water partition coefficient (Wildman–Crippen LogP) is 1.92. The number of aromatic nitrogens is 2. The second-order valence-corrected chi connectivity index (χ2v) is 6.96. The van der Waals surface area contributed by atoms with Crippen LogP contribution in [0.1, 0.15) is 10.6 Å². The number of anilines is 2. The molecule has 1 aromatic carbocycles. The Kier molecular flexibility index (Phi) is 4.88. The fourth-order valence-corrected chi connectivity index (χ4v) is 3.31. The normalized spacial score (nSPS) is 15.7. The third kappa shape index (κ3) is 4.27. The van der Waals surface area contributed by atoms with Crippen LogP contribution in [0, 0.1) is 13.8 Å². The molecule has 0 saturated carbocycles. The molecule has 2 aromatic rings. The minimum absolute atomic E-state index is 0.0230. The SMILES string of the molecule is Cc1cccc(N2CCN(CC(=O)Nc3nnc(C)s3)CC2)c1. The summed E-state index contributed by atoms with van der Waals surface area (Å²) in [7, 11) is 0. The summed E-state index contributed by atoms with van der Waals surface area (Å²) in [6.07, 6.45) is 0. The van der Waals surface area contributed by atoms with Gasteiger partial charge in [-0.1, -0.05) is 23.5 Å². The average Bonchev–Trinajstić information content (AvgIpc) is 2.93. The number of nitrogens with one attached hydrogen (secondary N) is 1. The van der Waals surface area contributed by atoms with Crippen molar-refractivity contribution in [2.24, 2.45) is 0 Å². The van der Waals surface area contributed by atoms with Crippen molar-refractivity contribution in [1.82, 2.24) is 15.1 Å². The molecular formula is C16H21N5OS. The van der Waals surface area contributed by atoms with Gasteiger partial charge < -0.3 is 4.90 Å². The summed E-state index contributed by atoms with van der Waals surface area (Å²) >= 11 is 1.40. The number of carbonyl (C=O) groups excluding carboxylic acids is 1. The van der Waals surface area contributed by atoms with E-state index in [0.29, 0.717) is 11.7 Å². The van der Waals surface area contributed by atoms with Gasteiger partial charge >= 0.3 is 0 Å². The Morgan fingerprint density at radius 1 is 1.22 bits per heavy atom. The van der Waals surface area contributed by atoms with Gasteiger partial charge in [0.2, 0.25) is 11.0 Å². The predicted molar refractivity (Wildman–Crippen MR) is 93.1 cm³/mol. The number of hydrogen-bond donors (Lipinski definition) is 1. The topological polar surface area (TPSA) is 61.4 Å². The van der Waals surface area contributed by atoms with Gasteiger partial charge in [0.1, 0.15) is 5.01 Å². The molecule has 122 valence electrons. The number of hydrogen-bond acceptors (Lipinski definition) is 6. The van der Waals surface area contributed by atoms with Gasteiger partial charge in [0.25, 0.3) is 0 Å². The number of carbonyl (C=O) groups is 1. The first kappa shape index (κ1) is 15.9. The Morgan fingerprint density at radius 3 is 2.65 bits per heavy atom. The van der Waals surface area contributed by atoms with Crippen LogP contribution in [0.4, 0.5) is 10.8 Å². The van der Waals surface area contributed by atoms with Gasteiger partial charge in [-0.2, -0.15) is 0 Å². The maximum Gasteiger partial charge on any atom is 0.240 e. The maximum atomic E-state index is 12.1. The first-order valence-corrected chi connectivity index (χ1v) is 8.56. The number of rotatable bonds is 4. The lowest BCUT2D eigenvalue weighted by molar-refractivity contribution is -0.117. The summed E-state index contributed by atoms with van der Waals surface area (Å²) in [4.78, 5) is 16.6.